The molecule has 135 heavy (non-hydrogen) atoms. The fraction of sp³-hybridized carbons (Fsp3) is 0.765. The number of hydrogen-bond acceptors (Lipinski definition) is 24. The Labute approximate surface area is 818 Å². The van der Waals surface area contributed by atoms with E-state index in [-0.39, 0.29) is 71.8 Å². The quantitative estimate of drug-likeness (QED) is 0.0999. The van der Waals surface area contributed by atoms with Crippen LogP contribution >= 0.6 is 0 Å². The van der Waals surface area contributed by atoms with Gasteiger partial charge in [-0.15, -0.1) is 15.3 Å². The SMILES string of the molecule is CC(=O)CCC(C)(C)C.CC(C)(C)C1=NN=CC1.CC(C)(C)N1CCCC1.CC(C)(C)N1CCCCC1.CC(C)(C)N1N=CCC1=O.CC(C)(C)NCN.CC(C)(C)c1ncc[nH]1.CC(C)(C)c1ncn[nH]1.CC(C)(C)c1nn[nH]n1.CC(C)(C)n1cccn1.CC(C)(C)n1ccnc1.CC(C)(C)n1ccnn1.CC(C)(C)n1cncn1.CC(C)(C)n1cncn1.CCC(=O)CC(C)(C)C. The molecule has 8 aromatic rings. The molecule has 4 aliphatic rings. The molecule has 4 aliphatic heterocycles. The number of H-pyrrole nitrogens is 3. The van der Waals surface area contributed by atoms with Crippen LogP contribution in [0.3, 0.4) is 0 Å². The van der Waals surface area contributed by atoms with Gasteiger partial charge in [0, 0.05) is 132 Å². The lowest BCUT2D eigenvalue weighted by Crippen LogP contribution is -2.44. The maximum Gasteiger partial charge on any atom is 0.248 e. The number of nitrogens with zero attached hydrogens (tertiary/aromatic N) is 25. The average Bonchev–Trinajstić information content (AvgIpc) is 1.71. The van der Waals surface area contributed by atoms with Gasteiger partial charge in [-0.3, -0.25) is 34.5 Å². The minimum atomic E-state index is -0.163. The summed E-state index contributed by atoms with van der Waals surface area (Å²) in [5.74, 6) is 3.48. The minimum Gasteiger partial charge on any atom is -0.348 e. The Morgan fingerprint density at radius 1 is 0.474 bits per heavy atom. The number of carbonyl (C=O) groups excluding carboxylic acids is 3. The van der Waals surface area contributed by atoms with E-state index in [1.54, 1.807) is 63.2 Å². The average molecular weight is 1890 g/mol. The van der Waals surface area contributed by atoms with Crippen LogP contribution in [-0.2, 0) is 58.3 Å². The Kier molecular flexibility index (Phi) is 57.1. The number of nitrogens with two attached hydrogens (primary N) is 1. The monoisotopic (exact) mass is 1890 g/mol. The number of carbonyl (C=O) groups is 3. The Morgan fingerprint density at radius 3 is 1.15 bits per heavy atom. The molecule has 12 heterocycles. The van der Waals surface area contributed by atoms with E-state index >= 15 is 0 Å². The third-order valence-electron chi connectivity index (χ3n) is 19.2. The molecule has 12 rings (SSSR count). The Morgan fingerprint density at radius 2 is 0.970 bits per heavy atom. The summed E-state index contributed by atoms with van der Waals surface area (Å²) in [5.41, 5.74) is 8.67. The van der Waals surface area contributed by atoms with Crippen LogP contribution in [0.15, 0.2) is 109 Å². The summed E-state index contributed by atoms with van der Waals surface area (Å²) in [7, 11) is 0. The van der Waals surface area contributed by atoms with Gasteiger partial charge in [-0.25, -0.2) is 44.0 Å². The maximum atomic E-state index is 11.0. The van der Waals surface area contributed by atoms with E-state index in [1.165, 1.54) is 75.3 Å². The molecule has 2 fully saturated rings. The van der Waals surface area contributed by atoms with Crippen molar-refractivity contribution in [2.45, 2.75) is 462 Å². The Balaban J connectivity index is -0.00000138. The van der Waals surface area contributed by atoms with Gasteiger partial charge >= 0.3 is 0 Å². The number of rotatable bonds is 5. The van der Waals surface area contributed by atoms with Crippen LogP contribution < -0.4 is 11.1 Å². The fourth-order valence-electron chi connectivity index (χ4n) is 10.9. The zero-order valence-electron chi connectivity index (χ0n) is 94.1. The summed E-state index contributed by atoms with van der Waals surface area (Å²) < 4.78 is 9.49. The molecule has 0 saturated carbocycles. The lowest BCUT2D eigenvalue weighted by atomic mass is 9.89. The number of likely N-dealkylation sites (tertiary alicyclic amines) is 2. The number of hydrazone groups is 1. The fourth-order valence-corrected chi connectivity index (χ4v) is 10.9. The van der Waals surface area contributed by atoms with Crippen molar-refractivity contribution in [1.82, 2.24) is 130 Å². The summed E-state index contributed by atoms with van der Waals surface area (Å²) in [5, 5.41) is 56.1. The largest absolute Gasteiger partial charge is 0.348 e. The first kappa shape index (κ1) is 130. The second-order valence-corrected chi connectivity index (χ2v) is 49.3. The number of hydrogen-bond donors (Lipinski definition) is 5. The van der Waals surface area contributed by atoms with Crippen molar-refractivity contribution < 1.29 is 14.4 Å². The molecule has 0 spiro atoms. The van der Waals surface area contributed by atoms with Crippen LogP contribution in [0.4, 0.5) is 0 Å². The highest BCUT2D eigenvalue weighted by molar-refractivity contribution is 6.01. The molecule has 772 valence electrons. The van der Waals surface area contributed by atoms with Crippen LogP contribution in [-0.4, -0.2) is 215 Å². The summed E-state index contributed by atoms with van der Waals surface area (Å²) in [6.45, 7) is 105. The highest BCUT2D eigenvalue weighted by atomic mass is 16.2. The highest BCUT2D eigenvalue weighted by Crippen LogP contribution is 2.26. The van der Waals surface area contributed by atoms with E-state index in [0.717, 1.165) is 36.7 Å². The molecule has 6 N–H and O–H groups in total. The van der Waals surface area contributed by atoms with Crippen LogP contribution in [0.5, 0.6) is 0 Å². The van der Waals surface area contributed by atoms with Crippen LogP contribution in [0.25, 0.3) is 0 Å². The Hall–Kier alpha value is -9.08. The van der Waals surface area contributed by atoms with Gasteiger partial charge in [0.25, 0.3) is 0 Å². The molecule has 0 aromatic carbocycles. The predicted octanol–water partition coefficient (Wildman–Crippen LogP) is 21.8. The van der Waals surface area contributed by atoms with E-state index in [2.05, 4.69) is 391 Å². The lowest BCUT2D eigenvalue weighted by molar-refractivity contribution is -0.133. The number of tetrazole rings is 1. The molecule has 8 aromatic heterocycles. The molecule has 33 nitrogen and oxygen atoms in total. The summed E-state index contributed by atoms with van der Waals surface area (Å²) in [4.78, 5) is 60.3. The number of aromatic nitrogens is 22. The number of nitrogens with one attached hydrogen (secondary N) is 4. The van der Waals surface area contributed by atoms with E-state index in [4.69, 9.17) is 5.73 Å². The van der Waals surface area contributed by atoms with Crippen LogP contribution in [0.1, 0.15) is 414 Å². The van der Waals surface area contributed by atoms with Crippen LogP contribution in [0.2, 0.25) is 0 Å². The number of piperidine rings is 1. The van der Waals surface area contributed by atoms with E-state index in [1.807, 2.05) is 111 Å². The molecule has 0 unspecified atom stereocenters. The van der Waals surface area contributed by atoms with Crippen LogP contribution in [0, 0.1) is 16.2 Å². The van der Waals surface area contributed by atoms with E-state index < -0.39 is 0 Å². The van der Waals surface area contributed by atoms with Crippen molar-refractivity contribution in [2.24, 2.45) is 37.3 Å². The van der Waals surface area contributed by atoms with Gasteiger partial charge in [0.2, 0.25) is 5.91 Å². The first-order valence-corrected chi connectivity index (χ1v) is 48.2. The second kappa shape index (κ2) is 59.3. The van der Waals surface area contributed by atoms with E-state index in [9.17, 15) is 14.4 Å². The summed E-state index contributed by atoms with van der Waals surface area (Å²) in [6, 6.07) is 1.94. The van der Waals surface area contributed by atoms with Crippen molar-refractivity contribution >= 4 is 35.6 Å². The molecule has 0 atom stereocenters. The third kappa shape index (κ3) is 66.9. The van der Waals surface area contributed by atoms with Gasteiger partial charge in [0.1, 0.15) is 54.9 Å². The minimum absolute atomic E-state index is 0.00694. The molecule has 2 saturated heterocycles. The molecule has 0 aliphatic carbocycles. The smallest absolute Gasteiger partial charge is 0.248 e. The van der Waals surface area contributed by atoms with Gasteiger partial charge in [-0.05, 0) is 269 Å². The van der Waals surface area contributed by atoms with Crippen molar-refractivity contribution in [3.63, 3.8) is 0 Å². The highest BCUT2D eigenvalue weighted by Gasteiger charge is 2.30. The van der Waals surface area contributed by atoms with Gasteiger partial charge < -0.3 is 20.1 Å². The zero-order chi connectivity index (χ0) is 105. The second-order valence-electron chi connectivity index (χ2n) is 49.3. The third-order valence-corrected chi connectivity index (χ3v) is 19.2. The van der Waals surface area contributed by atoms with Crippen molar-refractivity contribution in [1.29, 1.82) is 0 Å². The lowest BCUT2D eigenvalue weighted by Gasteiger charge is -2.38. The van der Waals surface area contributed by atoms with E-state index in [0.29, 0.717) is 54.0 Å². The van der Waals surface area contributed by atoms with Gasteiger partial charge in [0.05, 0.1) is 52.4 Å². The summed E-state index contributed by atoms with van der Waals surface area (Å²) >= 11 is 0. The topological polar surface area (TPSA) is 389 Å². The number of Topliss-reactive ketones (excluding diaryl/α,β-unsaturated/α-hetero) is 2. The van der Waals surface area contributed by atoms with Gasteiger partial charge in [0.15, 0.2) is 5.82 Å². The molecule has 0 radical (unpaired) electrons. The normalized spacial score (nSPS) is 14.4. The first-order valence-electron chi connectivity index (χ1n) is 48.2. The van der Waals surface area contributed by atoms with Crippen molar-refractivity contribution in [3.8, 4) is 0 Å². The number of imidazole rings is 2. The number of ketones is 2. The van der Waals surface area contributed by atoms with Crippen molar-refractivity contribution in [2.75, 3.05) is 32.8 Å². The van der Waals surface area contributed by atoms with Gasteiger partial charge in [-0.2, -0.15) is 40.9 Å². The summed E-state index contributed by atoms with van der Waals surface area (Å²) in [6.07, 6.45) is 39.6. The van der Waals surface area contributed by atoms with Gasteiger partial charge in [-0.1, -0.05) is 148 Å². The standard InChI is InChI=1S/C9H19N.C8H17N.2C8H16O.C7H12N2O.4C7H12N2.4C6H11N3.C5H10N4.C5H14N2/c1-9(2,3)10-7-5-4-6-8-10;1-8(2,3)9-6-4-5-7-9;1-7(9)5-6-8(2,3)4;1-5-7(9)6-8(2,3)4;1-7(2,3)9-6(10)4-5-8-9;1-7(2,3)9-5-4-8-6-9;1-7(2,3)6-8-4-5-9-6;1-7(2,3)9-6-4-5-8-9;1-7(2,3)6-4-5-8-9-6;2*1-6(2,3)9-5-7-4-8-9;1-6(2,3)5-7-4-8-9-5;1-6(2,3)9-5-4-7-8-9;1-5(2,3)4-6-8-9-7-4;1-5(2,3)7-4-6/h4-8H2,1-3H3;4-7H2,1-3H3;2*5-6H2,1-4H3;5H,4H2,1-3H3;4-6H,1-3H3;4-5H,1-3H3,(H,8,9);4-6H,1-3H3;5H,4H2,1-3H3;2*4-5H,1-3H3;4H,1-3H3,(H,7,8,9);4-5H,1-3H3;1-3H3,(H,6,7,8,9);7H,4,6H2,1-3H3. The maximum absolute atomic E-state index is 11.0. The first-order chi connectivity index (χ1) is 61.1. The molecule has 1 amide bonds. The zero-order valence-corrected chi connectivity index (χ0v) is 94.1. The Bertz CT molecular complexity index is 3780. The molecular formula is C102H196N30O3. The predicted molar refractivity (Wildman–Crippen MR) is 561 cm³/mol. The molecule has 0 bridgehead atoms. The molecule has 33 heteroatoms. The van der Waals surface area contributed by atoms with Crippen molar-refractivity contribution in [3.05, 3.63) is 111 Å². The molecular weight excluding hydrogens is 1690 g/mol. The number of amides is 1. The number of aromatic amines is 3.